The summed E-state index contributed by atoms with van der Waals surface area (Å²) in [6, 6.07) is 26.0. The van der Waals surface area contributed by atoms with Crippen molar-refractivity contribution in [2.24, 2.45) is 11.8 Å². The first-order valence-corrected chi connectivity index (χ1v) is 21.5. The number of nitrogens with zero attached hydrogens (tertiary/aromatic N) is 3. The van der Waals surface area contributed by atoms with Gasteiger partial charge in [-0.15, -0.1) is 0 Å². The monoisotopic (exact) mass is 751 g/mol. The molecule has 11 nitrogen and oxygen atoms in total. The van der Waals surface area contributed by atoms with Crippen molar-refractivity contribution in [3.63, 3.8) is 0 Å². The van der Waals surface area contributed by atoms with E-state index in [1.807, 2.05) is 42.5 Å². The Morgan fingerprint density at radius 3 is 2.20 bits per heavy atom. The average Bonchev–Trinajstić information content (AvgIpc) is 3.69. The Labute approximate surface area is 318 Å². The number of nitrogens with one attached hydrogen (secondary N) is 2. The molecule has 5 aromatic rings. The van der Waals surface area contributed by atoms with Gasteiger partial charge in [-0.25, -0.2) is 4.98 Å². The van der Waals surface area contributed by atoms with Gasteiger partial charge in [0.2, 0.25) is 11.9 Å². The number of H-pyrrole nitrogens is 1. The second-order valence-corrected chi connectivity index (χ2v) is 21.0. The number of hydrogen-bond acceptors (Lipinski definition) is 8. The smallest absolute Gasteiger partial charge is 0.280 e. The number of aromatic amines is 1. The van der Waals surface area contributed by atoms with Gasteiger partial charge in [-0.05, 0) is 60.3 Å². The molecule has 0 aliphatic heterocycles. The number of rotatable bonds is 12. The largest absolute Gasteiger partial charge is 0.497 e. The number of anilines is 1. The fourth-order valence-electron chi connectivity index (χ4n) is 6.96. The van der Waals surface area contributed by atoms with Gasteiger partial charge in [0.15, 0.2) is 19.5 Å². The second kappa shape index (κ2) is 15.3. The van der Waals surface area contributed by atoms with Crippen LogP contribution in [0.2, 0.25) is 18.1 Å². The molecule has 1 amide bonds. The van der Waals surface area contributed by atoms with Gasteiger partial charge in [0.05, 0.1) is 32.2 Å². The summed E-state index contributed by atoms with van der Waals surface area (Å²) in [6.45, 7) is 16.7. The van der Waals surface area contributed by atoms with Crippen LogP contribution in [-0.4, -0.2) is 64.8 Å². The Morgan fingerprint density at radius 1 is 1.00 bits per heavy atom. The van der Waals surface area contributed by atoms with Crippen LogP contribution in [0.25, 0.3) is 11.2 Å². The van der Waals surface area contributed by atoms with Gasteiger partial charge in [-0.1, -0.05) is 107 Å². The number of benzene rings is 3. The molecular weight excluding hydrogens is 699 g/mol. The maximum atomic E-state index is 13.1. The first-order valence-electron chi connectivity index (χ1n) is 18.6. The van der Waals surface area contributed by atoms with Crippen LogP contribution in [0.5, 0.6) is 5.75 Å². The number of methoxy groups -OCH3 is 1. The number of aromatic nitrogens is 4. The van der Waals surface area contributed by atoms with E-state index >= 15 is 0 Å². The maximum Gasteiger partial charge on any atom is 0.280 e. The minimum atomic E-state index is -2.42. The topological polar surface area (TPSA) is 141 Å². The Morgan fingerprint density at radius 2 is 1.61 bits per heavy atom. The third-order valence-electron chi connectivity index (χ3n) is 11.2. The van der Waals surface area contributed by atoms with Crippen molar-refractivity contribution >= 4 is 31.3 Å². The number of aliphatic hydroxyl groups excluding tert-OH is 1. The fourth-order valence-corrected chi connectivity index (χ4v) is 8.33. The molecule has 1 unspecified atom stereocenters. The third kappa shape index (κ3) is 7.52. The standard InChI is InChI=1S/C42H53N5O6Si/c1-26(2)38(49)45-40-44-37-34(39(50)46-40)43-25-47(37)33-23-28(36(35(33)48)53-54(8,9)41(4,5)6)24-52-42(29-13-11-10-12-14-29,30-17-15-27(3)16-18-30)31-19-21-32(51-7)22-20-31/h10-22,25-26,28,33,35-36,48H,23-24H2,1-9H3,(H2,44,45,46,49,50)/t28-,33-,35+,36-,42?/m1/s1. The van der Waals surface area contributed by atoms with E-state index in [-0.39, 0.29) is 46.5 Å². The molecule has 0 spiro atoms. The quantitative estimate of drug-likeness (QED) is 0.0888. The lowest BCUT2D eigenvalue weighted by Crippen LogP contribution is -2.49. The highest BCUT2D eigenvalue weighted by atomic mass is 28.4. The number of carbonyl (C=O) groups excluding carboxylic acids is 1. The van der Waals surface area contributed by atoms with Crippen molar-refractivity contribution in [2.45, 2.75) is 89.9 Å². The number of carbonyl (C=O) groups is 1. The minimum absolute atomic E-state index is 0.0274. The lowest BCUT2D eigenvalue weighted by atomic mass is 9.79. The summed E-state index contributed by atoms with van der Waals surface area (Å²) in [5, 5.41) is 14.9. The number of aliphatic hydroxyl groups is 1. The van der Waals surface area contributed by atoms with E-state index in [1.54, 1.807) is 31.9 Å². The van der Waals surface area contributed by atoms with Crippen LogP contribution >= 0.6 is 0 Å². The molecule has 0 bridgehead atoms. The summed E-state index contributed by atoms with van der Waals surface area (Å²) in [6.07, 6.45) is 0.415. The van der Waals surface area contributed by atoms with Crippen LogP contribution in [0, 0.1) is 18.8 Å². The van der Waals surface area contributed by atoms with E-state index in [0.29, 0.717) is 6.42 Å². The molecule has 3 N–H and O–H groups in total. The van der Waals surface area contributed by atoms with E-state index in [9.17, 15) is 14.7 Å². The zero-order valence-corrected chi connectivity index (χ0v) is 33.7. The molecule has 1 aliphatic rings. The van der Waals surface area contributed by atoms with E-state index in [0.717, 1.165) is 28.0 Å². The van der Waals surface area contributed by atoms with Crippen LogP contribution in [0.15, 0.2) is 90.0 Å². The van der Waals surface area contributed by atoms with Crippen molar-refractivity contribution in [1.29, 1.82) is 0 Å². The maximum absolute atomic E-state index is 13.1. The minimum Gasteiger partial charge on any atom is -0.497 e. The zero-order chi connectivity index (χ0) is 39.0. The van der Waals surface area contributed by atoms with Gasteiger partial charge < -0.3 is 23.6 Å². The molecule has 54 heavy (non-hydrogen) atoms. The van der Waals surface area contributed by atoms with Crippen molar-refractivity contribution in [3.8, 4) is 5.75 Å². The lowest BCUT2D eigenvalue weighted by molar-refractivity contribution is -0.118. The van der Waals surface area contributed by atoms with Gasteiger partial charge >= 0.3 is 0 Å². The van der Waals surface area contributed by atoms with E-state index in [1.165, 1.54) is 0 Å². The molecule has 0 saturated heterocycles. The summed E-state index contributed by atoms with van der Waals surface area (Å²) >= 11 is 0. The SMILES string of the molecule is COc1ccc(C(OC[C@H]2C[C@@H](n3cnc4c(=O)[nH]c(NC(=O)C(C)C)nc43)[C@H](O)[C@@H]2O[Si](C)(C)C(C)(C)C)(c2ccccc2)c2ccc(C)cc2)cc1. The average molecular weight is 752 g/mol. The van der Waals surface area contributed by atoms with Gasteiger partial charge in [0.1, 0.15) is 17.5 Å². The molecule has 3 aromatic carbocycles. The van der Waals surface area contributed by atoms with E-state index < -0.39 is 37.7 Å². The normalized spacial score (nSPS) is 20.3. The summed E-state index contributed by atoms with van der Waals surface area (Å²) in [4.78, 5) is 37.3. The molecule has 1 fully saturated rings. The highest BCUT2D eigenvalue weighted by Crippen LogP contribution is 2.47. The first kappa shape index (κ1) is 39.1. The molecule has 286 valence electrons. The summed E-state index contributed by atoms with van der Waals surface area (Å²) < 4.78 is 21.7. The predicted molar refractivity (Wildman–Crippen MR) is 213 cm³/mol. The number of aryl methyl sites for hydroxylation is 1. The van der Waals surface area contributed by atoms with Crippen LogP contribution in [0.4, 0.5) is 5.95 Å². The Bertz CT molecular complexity index is 2130. The summed E-state index contributed by atoms with van der Waals surface area (Å²) in [7, 11) is -0.774. The molecular formula is C42H53N5O6Si. The van der Waals surface area contributed by atoms with Crippen molar-refractivity contribution in [2.75, 3.05) is 19.0 Å². The van der Waals surface area contributed by atoms with Gasteiger partial charge in [-0.2, -0.15) is 4.98 Å². The Hall–Kier alpha value is -4.62. The number of imidazole rings is 1. The predicted octanol–water partition coefficient (Wildman–Crippen LogP) is 7.35. The Kier molecular flexibility index (Phi) is 11.0. The molecule has 1 saturated carbocycles. The van der Waals surface area contributed by atoms with Crippen LogP contribution in [0.1, 0.15) is 69.3 Å². The lowest BCUT2D eigenvalue weighted by Gasteiger charge is -2.41. The fraction of sp³-hybridized carbons (Fsp3) is 0.429. The van der Waals surface area contributed by atoms with Crippen molar-refractivity contribution in [3.05, 3.63) is 118 Å². The van der Waals surface area contributed by atoms with Crippen LogP contribution in [-0.2, 0) is 19.6 Å². The summed E-state index contributed by atoms with van der Waals surface area (Å²) in [5.74, 6) is -0.106. The van der Waals surface area contributed by atoms with E-state index in [4.69, 9.17) is 13.9 Å². The molecule has 5 atom stereocenters. The number of hydrogen-bond donors (Lipinski definition) is 3. The highest BCUT2D eigenvalue weighted by Gasteiger charge is 2.51. The molecule has 2 aromatic heterocycles. The second-order valence-electron chi connectivity index (χ2n) is 16.2. The molecule has 6 rings (SSSR count). The molecule has 0 radical (unpaired) electrons. The first-order chi connectivity index (χ1) is 25.6. The van der Waals surface area contributed by atoms with Gasteiger partial charge in [0.25, 0.3) is 5.56 Å². The Balaban J connectivity index is 1.45. The molecule has 2 heterocycles. The number of ether oxygens (including phenoxy) is 2. The van der Waals surface area contributed by atoms with Crippen LogP contribution < -0.4 is 15.6 Å². The third-order valence-corrected chi connectivity index (χ3v) is 15.7. The molecule has 1 aliphatic carbocycles. The van der Waals surface area contributed by atoms with Crippen LogP contribution in [0.3, 0.4) is 0 Å². The zero-order valence-electron chi connectivity index (χ0n) is 32.7. The number of amides is 1. The van der Waals surface area contributed by atoms with Gasteiger partial charge in [-0.3, -0.25) is 19.9 Å². The van der Waals surface area contributed by atoms with Crippen molar-refractivity contribution < 1.29 is 23.8 Å². The van der Waals surface area contributed by atoms with Gasteiger partial charge in [0, 0.05) is 11.8 Å². The highest BCUT2D eigenvalue weighted by molar-refractivity contribution is 6.74. The van der Waals surface area contributed by atoms with Crippen molar-refractivity contribution in [1.82, 2.24) is 19.5 Å². The van der Waals surface area contributed by atoms with E-state index in [2.05, 4.69) is 97.5 Å². The number of fused-ring (bicyclic) bond motifs is 1. The molecule has 12 heteroatoms. The summed E-state index contributed by atoms with van der Waals surface area (Å²) in [5.41, 5.74) is 2.86.